The molecule has 4 nitrogen and oxygen atoms in total. The van der Waals surface area contributed by atoms with Gasteiger partial charge in [-0.05, 0) is 0 Å². The van der Waals surface area contributed by atoms with Gasteiger partial charge in [0.25, 0.3) is 0 Å². The zero-order valence-corrected chi connectivity index (χ0v) is 4.46. The molecule has 0 heterocycles. The lowest BCUT2D eigenvalue weighted by atomic mass is 10.4. The molecular weight excluding hydrogens is 104 g/mol. The van der Waals surface area contributed by atoms with E-state index in [1.165, 1.54) is 12.4 Å². The van der Waals surface area contributed by atoms with Crippen LogP contribution in [0.4, 0.5) is 0 Å². The molecule has 0 rings (SSSR count). The Bertz CT molecular complexity index is 108. The molecule has 0 aromatic rings. The van der Waals surface area contributed by atoms with Crippen molar-refractivity contribution in [3.8, 4) is 0 Å². The fraction of sp³-hybridized carbons (Fsp3) is 0. The zero-order chi connectivity index (χ0) is 6.57. The summed E-state index contributed by atoms with van der Waals surface area (Å²) >= 11 is 0. The number of rotatable bonds is 1. The van der Waals surface area contributed by atoms with Crippen molar-refractivity contribution in [2.45, 2.75) is 0 Å². The van der Waals surface area contributed by atoms with Crippen LogP contribution in [-0.4, -0.2) is 0 Å². The van der Waals surface area contributed by atoms with Gasteiger partial charge in [-0.15, -0.1) is 0 Å². The van der Waals surface area contributed by atoms with E-state index in [9.17, 15) is 0 Å². The minimum absolute atomic E-state index is 0.299. The van der Waals surface area contributed by atoms with Crippen LogP contribution < -0.4 is 22.9 Å². The van der Waals surface area contributed by atoms with Gasteiger partial charge in [0.1, 0.15) is 0 Å². The van der Waals surface area contributed by atoms with Gasteiger partial charge >= 0.3 is 0 Å². The summed E-state index contributed by atoms with van der Waals surface area (Å²) in [6, 6.07) is 0. The van der Waals surface area contributed by atoms with Crippen LogP contribution in [0.1, 0.15) is 0 Å². The van der Waals surface area contributed by atoms with Crippen LogP contribution in [0.3, 0.4) is 0 Å². The summed E-state index contributed by atoms with van der Waals surface area (Å²) < 4.78 is 0. The highest BCUT2D eigenvalue weighted by Crippen LogP contribution is 1.87. The summed E-state index contributed by atoms with van der Waals surface area (Å²) in [5.74, 6) is 0. The van der Waals surface area contributed by atoms with Gasteiger partial charge in [-0.3, -0.25) is 0 Å². The molecule has 0 aliphatic rings. The molecule has 46 valence electrons. The Morgan fingerprint density at radius 3 is 1.25 bits per heavy atom. The lowest BCUT2D eigenvalue weighted by molar-refractivity contribution is 1.20. The van der Waals surface area contributed by atoms with Crippen molar-refractivity contribution in [2.24, 2.45) is 22.9 Å². The van der Waals surface area contributed by atoms with Crippen LogP contribution in [0, 0.1) is 0 Å². The minimum atomic E-state index is 0.299. The molecular formula is C4H10N4. The van der Waals surface area contributed by atoms with Gasteiger partial charge in [-0.2, -0.15) is 0 Å². The summed E-state index contributed by atoms with van der Waals surface area (Å²) in [4.78, 5) is 0. The molecule has 0 aromatic carbocycles. The predicted octanol–water partition coefficient (Wildman–Crippen LogP) is -1.50. The largest absolute Gasteiger partial charge is 0.403 e. The number of hydrogen-bond acceptors (Lipinski definition) is 4. The van der Waals surface area contributed by atoms with E-state index in [1.54, 1.807) is 0 Å². The van der Waals surface area contributed by atoms with E-state index in [0.29, 0.717) is 11.4 Å². The standard InChI is InChI=1S/C4H10N4/c5-1-3(7)4(8)2-6/h1-2H,5-8H2/b3-1-,4-2-. The van der Waals surface area contributed by atoms with Crippen molar-refractivity contribution in [1.82, 2.24) is 0 Å². The topological polar surface area (TPSA) is 104 Å². The van der Waals surface area contributed by atoms with E-state index in [0.717, 1.165) is 0 Å². The molecule has 0 saturated carbocycles. The molecule has 0 aliphatic carbocycles. The third-order valence-electron chi connectivity index (χ3n) is 0.692. The molecule has 0 atom stereocenters. The van der Waals surface area contributed by atoms with E-state index < -0.39 is 0 Å². The molecule has 0 unspecified atom stereocenters. The van der Waals surface area contributed by atoms with Crippen molar-refractivity contribution < 1.29 is 0 Å². The maximum Gasteiger partial charge on any atom is 0.0720 e. The first-order valence-electron chi connectivity index (χ1n) is 2.07. The summed E-state index contributed by atoms with van der Waals surface area (Å²) in [6.07, 6.45) is 2.39. The highest BCUT2D eigenvalue weighted by Gasteiger charge is 1.87. The van der Waals surface area contributed by atoms with Gasteiger partial charge in [-0.1, -0.05) is 0 Å². The summed E-state index contributed by atoms with van der Waals surface area (Å²) in [5.41, 5.74) is 20.9. The predicted molar refractivity (Wildman–Crippen MR) is 32.9 cm³/mol. The lowest BCUT2D eigenvalue weighted by Crippen LogP contribution is -2.12. The summed E-state index contributed by atoms with van der Waals surface area (Å²) in [5, 5.41) is 0. The van der Waals surface area contributed by atoms with Crippen molar-refractivity contribution in [1.29, 1.82) is 0 Å². The van der Waals surface area contributed by atoms with Crippen LogP contribution in [0.15, 0.2) is 23.8 Å². The molecule has 0 bridgehead atoms. The van der Waals surface area contributed by atoms with Crippen LogP contribution in [0.2, 0.25) is 0 Å². The van der Waals surface area contributed by atoms with Gasteiger partial charge in [0.2, 0.25) is 0 Å². The molecule has 0 spiro atoms. The first-order chi connectivity index (χ1) is 3.72. The zero-order valence-electron chi connectivity index (χ0n) is 4.46. The van der Waals surface area contributed by atoms with Crippen LogP contribution in [-0.2, 0) is 0 Å². The normalized spacial score (nSPS) is 14.0. The van der Waals surface area contributed by atoms with Crippen molar-refractivity contribution in [3.05, 3.63) is 23.8 Å². The van der Waals surface area contributed by atoms with Gasteiger partial charge in [0, 0.05) is 12.4 Å². The van der Waals surface area contributed by atoms with Gasteiger partial charge in [0.15, 0.2) is 0 Å². The van der Waals surface area contributed by atoms with E-state index in [4.69, 9.17) is 22.9 Å². The third-order valence-corrected chi connectivity index (χ3v) is 0.692. The molecule has 4 heteroatoms. The second-order valence-corrected chi connectivity index (χ2v) is 1.24. The van der Waals surface area contributed by atoms with Crippen LogP contribution >= 0.6 is 0 Å². The number of hydrogen-bond donors (Lipinski definition) is 4. The van der Waals surface area contributed by atoms with Crippen LogP contribution in [0.5, 0.6) is 0 Å². The SMILES string of the molecule is N/C=C(N)/C(N)=C/N. The Hall–Kier alpha value is -1.32. The Balaban J connectivity index is 4.04. The maximum absolute atomic E-state index is 5.19. The number of nitrogens with two attached hydrogens (primary N) is 4. The highest BCUT2D eigenvalue weighted by atomic mass is 14.7. The Labute approximate surface area is 47.8 Å². The molecule has 0 saturated heterocycles. The van der Waals surface area contributed by atoms with Gasteiger partial charge in [0.05, 0.1) is 11.4 Å². The van der Waals surface area contributed by atoms with Gasteiger partial charge in [-0.25, -0.2) is 0 Å². The Morgan fingerprint density at radius 1 is 0.875 bits per heavy atom. The average molecular weight is 114 g/mol. The molecule has 0 aromatic heterocycles. The summed E-state index contributed by atoms with van der Waals surface area (Å²) in [7, 11) is 0. The molecule has 8 heavy (non-hydrogen) atoms. The fourth-order valence-corrected chi connectivity index (χ4v) is 0.192. The van der Waals surface area contributed by atoms with E-state index >= 15 is 0 Å². The van der Waals surface area contributed by atoms with Crippen molar-refractivity contribution in [2.75, 3.05) is 0 Å². The second kappa shape index (κ2) is 2.79. The third kappa shape index (κ3) is 1.42. The minimum Gasteiger partial charge on any atom is -0.403 e. The highest BCUT2D eigenvalue weighted by molar-refractivity contribution is 5.22. The van der Waals surface area contributed by atoms with E-state index in [2.05, 4.69) is 0 Å². The smallest absolute Gasteiger partial charge is 0.0720 e. The first-order valence-corrected chi connectivity index (χ1v) is 2.07. The molecule has 0 amide bonds. The van der Waals surface area contributed by atoms with Gasteiger partial charge < -0.3 is 22.9 Å². The quantitative estimate of drug-likeness (QED) is 0.311. The van der Waals surface area contributed by atoms with Crippen molar-refractivity contribution in [3.63, 3.8) is 0 Å². The van der Waals surface area contributed by atoms with Crippen LogP contribution in [0.25, 0.3) is 0 Å². The molecule has 0 radical (unpaired) electrons. The second-order valence-electron chi connectivity index (χ2n) is 1.24. The average Bonchev–Trinajstić information content (AvgIpc) is 1.84. The van der Waals surface area contributed by atoms with Crippen molar-refractivity contribution >= 4 is 0 Å². The fourth-order valence-electron chi connectivity index (χ4n) is 0.192. The Kier molecular flexibility index (Phi) is 2.33. The molecule has 8 N–H and O–H groups in total. The lowest BCUT2D eigenvalue weighted by Gasteiger charge is -1.95. The van der Waals surface area contributed by atoms with E-state index in [1.807, 2.05) is 0 Å². The Morgan fingerprint density at radius 2 is 1.12 bits per heavy atom. The first kappa shape index (κ1) is 6.68. The molecule has 0 fully saturated rings. The van der Waals surface area contributed by atoms with E-state index in [-0.39, 0.29) is 0 Å². The molecule has 0 aliphatic heterocycles. The maximum atomic E-state index is 5.19. The summed E-state index contributed by atoms with van der Waals surface area (Å²) in [6.45, 7) is 0. The monoisotopic (exact) mass is 114 g/mol.